The van der Waals surface area contributed by atoms with Crippen LogP contribution in [0.5, 0.6) is 0 Å². The fourth-order valence-corrected chi connectivity index (χ4v) is 3.48. The first-order valence-electron chi connectivity index (χ1n) is 7.21. The zero-order chi connectivity index (χ0) is 13.7. The Labute approximate surface area is 121 Å². The summed E-state index contributed by atoms with van der Waals surface area (Å²) in [6.45, 7) is 4.39. The number of nitrogens with one attached hydrogen (secondary N) is 1. The Morgan fingerprint density at radius 3 is 2.63 bits per heavy atom. The summed E-state index contributed by atoms with van der Waals surface area (Å²) < 4.78 is 0. The summed E-state index contributed by atoms with van der Waals surface area (Å²) in [6.07, 6.45) is 4.10. The monoisotopic (exact) mass is 281 g/mol. The van der Waals surface area contributed by atoms with Crippen molar-refractivity contribution in [2.75, 3.05) is 40.8 Å². The molecule has 3 nitrogen and oxygen atoms in total. The third-order valence-electron chi connectivity index (χ3n) is 4.35. The van der Waals surface area contributed by atoms with Gasteiger partial charge < -0.3 is 15.1 Å². The van der Waals surface area contributed by atoms with E-state index in [-0.39, 0.29) is 0 Å². The molecule has 0 saturated heterocycles. The van der Waals surface area contributed by atoms with E-state index in [1.54, 1.807) is 0 Å². The summed E-state index contributed by atoms with van der Waals surface area (Å²) in [7, 11) is 6.69. The molecule has 0 aliphatic heterocycles. The van der Waals surface area contributed by atoms with Crippen LogP contribution in [0.15, 0.2) is 17.5 Å². The Balaban J connectivity index is 1.63. The van der Waals surface area contributed by atoms with Gasteiger partial charge in [-0.25, -0.2) is 0 Å². The molecule has 4 heteroatoms. The lowest BCUT2D eigenvalue weighted by Gasteiger charge is -2.49. The van der Waals surface area contributed by atoms with Crippen molar-refractivity contribution in [2.24, 2.45) is 0 Å². The highest BCUT2D eigenvalue weighted by molar-refractivity contribution is 7.09. The minimum atomic E-state index is 0.447. The molecule has 1 aliphatic rings. The van der Waals surface area contributed by atoms with E-state index in [2.05, 4.69) is 53.8 Å². The van der Waals surface area contributed by atoms with Crippen LogP contribution in [0.2, 0.25) is 0 Å². The molecule has 0 bridgehead atoms. The Kier molecular flexibility index (Phi) is 5.39. The normalized spacial score (nSPS) is 17.9. The molecule has 0 atom stereocenters. The first-order chi connectivity index (χ1) is 9.12. The number of hydrogen-bond acceptors (Lipinski definition) is 4. The molecule has 1 fully saturated rings. The fraction of sp³-hybridized carbons (Fsp3) is 0.733. The topological polar surface area (TPSA) is 18.5 Å². The van der Waals surface area contributed by atoms with Gasteiger partial charge in [-0.15, -0.1) is 11.3 Å². The lowest BCUT2D eigenvalue weighted by molar-refractivity contribution is 0.0282. The van der Waals surface area contributed by atoms with Gasteiger partial charge in [0.05, 0.1) is 0 Å². The summed E-state index contributed by atoms with van der Waals surface area (Å²) in [5.41, 5.74) is 0.447. The van der Waals surface area contributed by atoms with Crippen molar-refractivity contribution < 1.29 is 0 Å². The molecule has 108 valence electrons. The highest BCUT2D eigenvalue weighted by Crippen LogP contribution is 2.36. The van der Waals surface area contributed by atoms with E-state index in [0.29, 0.717) is 5.54 Å². The molecule has 0 unspecified atom stereocenters. The molecule has 0 spiro atoms. The molecule has 0 amide bonds. The maximum atomic E-state index is 3.52. The van der Waals surface area contributed by atoms with E-state index < -0.39 is 0 Å². The van der Waals surface area contributed by atoms with Gasteiger partial charge >= 0.3 is 0 Å². The molecular weight excluding hydrogens is 254 g/mol. The lowest BCUT2D eigenvalue weighted by atomic mass is 9.75. The number of rotatable bonds is 8. The van der Waals surface area contributed by atoms with Gasteiger partial charge in [0.15, 0.2) is 0 Å². The molecule has 1 saturated carbocycles. The third-order valence-corrected chi connectivity index (χ3v) is 5.22. The van der Waals surface area contributed by atoms with Crippen molar-refractivity contribution in [3.63, 3.8) is 0 Å². The highest BCUT2D eigenvalue weighted by Gasteiger charge is 2.39. The minimum Gasteiger partial charge on any atom is -0.311 e. The minimum absolute atomic E-state index is 0.447. The van der Waals surface area contributed by atoms with Gasteiger partial charge in [-0.05, 0) is 51.9 Å². The SMILES string of the molecule is CN(CCNCc1cccs1)CC1(N(C)C)CCC1. The van der Waals surface area contributed by atoms with Gasteiger partial charge in [0.1, 0.15) is 0 Å². The van der Waals surface area contributed by atoms with Gasteiger partial charge in [0.2, 0.25) is 0 Å². The average Bonchev–Trinajstić information content (AvgIpc) is 2.82. The Hall–Kier alpha value is -0.420. The molecule has 19 heavy (non-hydrogen) atoms. The Bertz CT molecular complexity index is 357. The molecule has 0 aromatic carbocycles. The van der Waals surface area contributed by atoms with Gasteiger partial charge in [-0.2, -0.15) is 0 Å². The van der Waals surface area contributed by atoms with Gasteiger partial charge in [-0.3, -0.25) is 0 Å². The first kappa shape index (κ1) is 15.0. The van der Waals surface area contributed by atoms with Gasteiger partial charge in [0, 0.05) is 36.6 Å². The van der Waals surface area contributed by atoms with Crippen molar-refractivity contribution >= 4 is 11.3 Å². The van der Waals surface area contributed by atoms with Crippen LogP contribution in [0, 0.1) is 0 Å². The van der Waals surface area contributed by atoms with E-state index >= 15 is 0 Å². The summed E-state index contributed by atoms with van der Waals surface area (Å²) in [5.74, 6) is 0. The number of hydrogen-bond donors (Lipinski definition) is 1. The predicted molar refractivity (Wildman–Crippen MR) is 83.8 cm³/mol. The fourth-order valence-electron chi connectivity index (χ4n) is 2.81. The molecule has 1 aliphatic carbocycles. The molecule has 1 aromatic heterocycles. The van der Waals surface area contributed by atoms with Crippen LogP contribution < -0.4 is 5.32 Å². The van der Waals surface area contributed by atoms with Crippen molar-refractivity contribution in [1.82, 2.24) is 15.1 Å². The molecule has 1 aromatic rings. The summed E-state index contributed by atoms with van der Waals surface area (Å²) >= 11 is 1.83. The maximum absolute atomic E-state index is 3.52. The summed E-state index contributed by atoms with van der Waals surface area (Å²) in [4.78, 5) is 6.32. The standard InChI is InChI=1S/C15H27N3S/c1-17(2)15(7-5-8-15)13-18(3)10-9-16-12-14-6-4-11-19-14/h4,6,11,16H,5,7-10,12-13H2,1-3H3. The third kappa shape index (κ3) is 4.02. The van der Waals surface area contributed by atoms with Crippen molar-refractivity contribution in [2.45, 2.75) is 31.3 Å². The Morgan fingerprint density at radius 1 is 1.32 bits per heavy atom. The van der Waals surface area contributed by atoms with Crippen LogP contribution in [0.3, 0.4) is 0 Å². The van der Waals surface area contributed by atoms with E-state index in [1.165, 1.54) is 30.7 Å². The van der Waals surface area contributed by atoms with Gasteiger partial charge in [0.25, 0.3) is 0 Å². The van der Waals surface area contributed by atoms with E-state index in [4.69, 9.17) is 0 Å². The number of nitrogens with zero attached hydrogens (tertiary/aromatic N) is 2. The molecule has 0 radical (unpaired) electrons. The quantitative estimate of drug-likeness (QED) is 0.737. The van der Waals surface area contributed by atoms with Crippen LogP contribution in [0.1, 0.15) is 24.1 Å². The Morgan fingerprint density at radius 2 is 2.11 bits per heavy atom. The van der Waals surface area contributed by atoms with Crippen molar-refractivity contribution in [3.05, 3.63) is 22.4 Å². The predicted octanol–water partition coefficient (Wildman–Crippen LogP) is 2.25. The smallest absolute Gasteiger partial charge is 0.0330 e. The zero-order valence-corrected chi connectivity index (χ0v) is 13.3. The van der Waals surface area contributed by atoms with Crippen LogP contribution in [-0.2, 0) is 6.54 Å². The maximum Gasteiger partial charge on any atom is 0.0330 e. The molecule has 1 N–H and O–H groups in total. The van der Waals surface area contributed by atoms with Crippen molar-refractivity contribution in [3.8, 4) is 0 Å². The molecule has 2 rings (SSSR count). The van der Waals surface area contributed by atoms with Crippen LogP contribution in [0.25, 0.3) is 0 Å². The van der Waals surface area contributed by atoms with Crippen LogP contribution >= 0.6 is 11.3 Å². The van der Waals surface area contributed by atoms with Gasteiger partial charge in [-0.1, -0.05) is 6.07 Å². The number of likely N-dealkylation sites (N-methyl/N-ethyl adjacent to an activating group) is 2. The second-order valence-corrected chi connectivity index (χ2v) is 7.00. The zero-order valence-electron chi connectivity index (χ0n) is 12.5. The molecular formula is C15H27N3S. The summed E-state index contributed by atoms with van der Waals surface area (Å²) in [6, 6.07) is 4.31. The second-order valence-electron chi connectivity index (χ2n) is 5.97. The lowest BCUT2D eigenvalue weighted by Crippen LogP contribution is -2.57. The second kappa shape index (κ2) is 6.84. The molecule has 1 heterocycles. The van der Waals surface area contributed by atoms with E-state index in [1.807, 2.05) is 11.3 Å². The van der Waals surface area contributed by atoms with E-state index in [0.717, 1.165) is 19.6 Å². The van der Waals surface area contributed by atoms with E-state index in [9.17, 15) is 0 Å². The largest absolute Gasteiger partial charge is 0.311 e. The van der Waals surface area contributed by atoms with Crippen molar-refractivity contribution in [1.29, 1.82) is 0 Å². The van der Waals surface area contributed by atoms with Crippen LogP contribution in [-0.4, -0.2) is 56.1 Å². The summed E-state index contributed by atoms with van der Waals surface area (Å²) in [5, 5.41) is 5.66. The van der Waals surface area contributed by atoms with Crippen LogP contribution in [0.4, 0.5) is 0 Å². The average molecular weight is 281 g/mol. The first-order valence-corrected chi connectivity index (χ1v) is 8.09. The number of thiophene rings is 1. The highest BCUT2D eigenvalue weighted by atomic mass is 32.1.